The zero-order chi connectivity index (χ0) is 18.4. The maximum absolute atomic E-state index is 9.66. The molecule has 2 aromatic rings. The molecule has 2 aromatic heterocycles. The van der Waals surface area contributed by atoms with Crippen LogP contribution in [0, 0.1) is 22.7 Å². The van der Waals surface area contributed by atoms with Crippen molar-refractivity contribution in [2.24, 2.45) is 0 Å². The highest BCUT2D eigenvalue weighted by Gasteiger charge is 2.20. The Morgan fingerprint density at radius 1 is 1.04 bits per heavy atom. The predicted octanol–water partition coefficient (Wildman–Crippen LogP) is 3.50. The van der Waals surface area contributed by atoms with Crippen molar-refractivity contribution in [2.45, 2.75) is 45.1 Å². The molecule has 1 aliphatic carbocycles. The molecular formula is C20H21N5O. The van der Waals surface area contributed by atoms with Crippen molar-refractivity contribution in [1.29, 1.82) is 10.5 Å². The Hall–Kier alpha value is -3.12. The maximum Gasteiger partial charge on any atom is 0.213 e. The average Bonchev–Trinajstić information content (AvgIpc) is 2.66. The van der Waals surface area contributed by atoms with Crippen molar-refractivity contribution in [3.63, 3.8) is 0 Å². The first-order valence-corrected chi connectivity index (χ1v) is 8.86. The van der Waals surface area contributed by atoms with E-state index in [9.17, 15) is 10.5 Å². The Bertz CT molecular complexity index is 879. The molecule has 0 amide bonds. The van der Waals surface area contributed by atoms with Crippen molar-refractivity contribution >= 4 is 5.82 Å². The smallest absolute Gasteiger partial charge is 0.213 e. The highest BCUT2D eigenvalue weighted by molar-refractivity contribution is 5.64. The number of fused-ring (bicyclic) bond motifs is 1. The van der Waals surface area contributed by atoms with Gasteiger partial charge in [-0.1, -0.05) is 18.9 Å². The van der Waals surface area contributed by atoms with Crippen molar-refractivity contribution < 1.29 is 4.74 Å². The third kappa shape index (κ3) is 3.75. The topological polar surface area (TPSA) is 94.6 Å². The number of aryl methyl sites for hydroxylation is 1. The Labute approximate surface area is 153 Å². The third-order valence-electron chi connectivity index (χ3n) is 4.62. The molecule has 0 fully saturated rings. The molecule has 6 nitrogen and oxygen atoms in total. The van der Waals surface area contributed by atoms with Gasteiger partial charge in [-0.3, -0.25) is 0 Å². The first-order valence-electron chi connectivity index (χ1n) is 8.86. The van der Waals surface area contributed by atoms with Crippen LogP contribution < -0.4 is 10.1 Å². The molecule has 0 atom stereocenters. The summed E-state index contributed by atoms with van der Waals surface area (Å²) in [4.78, 5) is 9.07. The molecule has 0 aliphatic heterocycles. The minimum absolute atomic E-state index is 0.328. The summed E-state index contributed by atoms with van der Waals surface area (Å²) in [6.07, 6.45) is 6.11. The second-order valence-corrected chi connectivity index (χ2v) is 6.30. The number of pyridine rings is 2. The zero-order valence-electron chi connectivity index (χ0n) is 14.9. The van der Waals surface area contributed by atoms with Crippen LogP contribution in [0.3, 0.4) is 0 Å². The number of aromatic nitrogens is 2. The Balaban J connectivity index is 1.94. The van der Waals surface area contributed by atoms with Crippen molar-refractivity contribution in [1.82, 2.24) is 9.97 Å². The van der Waals surface area contributed by atoms with Gasteiger partial charge < -0.3 is 10.1 Å². The number of hydrogen-bond acceptors (Lipinski definition) is 6. The van der Waals surface area contributed by atoms with Gasteiger partial charge in [0.25, 0.3) is 0 Å². The molecule has 0 bridgehead atoms. The van der Waals surface area contributed by atoms with Crippen LogP contribution in [-0.4, -0.2) is 17.1 Å². The maximum atomic E-state index is 9.66. The van der Waals surface area contributed by atoms with Crippen LogP contribution in [0.5, 0.6) is 5.88 Å². The predicted molar refractivity (Wildman–Crippen MR) is 97.7 cm³/mol. The summed E-state index contributed by atoms with van der Waals surface area (Å²) in [5, 5.41) is 22.5. The van der Waals surface area contributed by atoms with E-state index in [0.717, 1.165) is 49.1 Å². The minimum Gasteiger partial charge on any atom is -0.481 e. The van der Waals surface area contributed by atoms with E-state index in [1.165, 1.54) is 6.42 Å². The quantitative estimate of drug-likeness (QED) is 0.909. The van der Waals surface area contributed by atoms with Crippen LogP contribution in [0.4, 0.5) is 5.82 Å². The minimum atomic E-state index is 0.328. The highest BCUT2D eigenvalue weighted by Crippen LogP contribution is 2.28. The van der Waals surface area contributed by atoms with Gasteiger partial charge in [0.15, 0.2) is 0 Å². The zero-order valence-corrected chi connectivity index (χ0v) is 14.9. The lowest BCUT2D eigenvalue weighted by Gasteiger charge is -2.18. The second-order valence-electron chi connectivity index (χ2n) is 6.30. The van der Waals surface area contributed by atoms with Crippen LogP contribution in [0.15, 0.2) is 18.2 Å². The summed E-state index contributed by atoms with van der Waals surface area (Å²) >= 11 is 0. The van der Waals surface area contributed by atoms with E-state index in [2.05, 4.69) is 22.4 Å². The number of hydrogen-bond donors (Lipinski definition) is 1. The van der Waals surface area contributed by atoms with Crippen LogP contribution in [0.1, 0.15) is 53.8 Å². The van der Waals surface area contributed by atoms with Gasteiger partial charge in [-0.05, 0) is 37.3 Å². The largest absolute Gasteiger partial charge is 0.481 e. The van der Waals surface area contributed by atoms with E-state index in [0.29, 0.717) is 29.4 Å². The van der Waals surface area contributed by atoms with Gasteiger partial charge in [-0.2, -0.15) is 10.5 Å². The average molecular weight is 347 g/mol. The fourth-order valence-corrected chi connectivity index (χ4v) is 3.30. The normalized spacial score (nSPS) is 13.5. The molecule has 2 heterocycles. The molecule has 0 radical (unpaired) electrons. The van der Waals surface area contributed by atoms with E-state index < -0.39 is 0 Å². The van der Waals surface area contributed by atoms with Gasteiger partial charge in [0.2, 0.25) is 5.88 Å². The summed E-state index contributed by atoms with van der Waals surface area (Å²) in [6, 6.07) is 9.93. The highest BCUT2D eigenvalue weighted by atomic mass is 16.5. The fourth-order valence-electron chi connectivity index (χ4n) is 3.30. The number of nitrogens with zero attached hydrogens (tertiary/aromatic N) is 4. The van der Waals surface area contributed by atoms with E-state index in [1.807, 2.05) is 12.1 Å². The van der Waals surface area contributed by atoms with E-state index >= 15 is 0 Å². The van der Waals surface area contributed by atoms with Crippen molar-refractivity contribution in [3.8, 4) is 18.0 Å². The van der Waals surface area contributed by atoms with Crippen molar-refractivity contribution in [2.75, 3.05) is 12.4 Å². The van der Waals surface area contributed by atoms with Crippen LogP contribution in [0.2, 0.25) is 0 Å². The summed E-state index contributed by atoms with van der Waals surface area (Å²) in [5.41, 5.74) is 3.48. The van der Waals surface area contributed by atoms with Crippen LogP contribution >= 0.6 is 0 Å². The van der Waals surface area contributed by atoms with Gasteiger partial charge >= 0.3 is 0 Å². The van der Waals surface area contributed by atoms with Gasteiger partial charge in [0, 0.05) is 11.8 Å². The molecular weight excluding hydrogens is 326 g/mol. The SMILES string of the molecule is COc1cccc(CNc2nc3c(c(C#N)c2C#N)CCCCCC3)n1. The van der Waals surface area contributed by atoms with Crippen LogP contribution in [0.25, 0.3) is 0 Å². The first-order chi connectivity index (χ1) is 12.8. The number of methoxy groups -OCH3 is 1. The van der Waals surface area contributed by atoms with E-state index in [4.69, 9.17) is 9.72 Å². The molecule has 0 saturated carbocycles. The monoisotopic (exact) mass is 347 g/mol. The standard InChI is InChI=1S/C20H21N5O/c1-26-19-10-6-7-14(24-19)13-23-20-17(12-22)16(11-21)15-8-4-2-3-5-9-18(15)25-20/h6-7,10H,2-5,8-9,13H2,1H3,(H,23,25). The number of ether oxygens (including phenoxy) is 1. The molecule has 0 saturated heterocycles. The Kier molecular flexibility index (Phi) is 5.66. The Morgan fingerprint density at radius 3 is 2.54 bits per heavy atom. The number of nitrogens with one attached hydrogen (secondary N) is 1. The molecule has 0 unspecified atom stereocenters. The van der Waals surface area contributed by atoms with Gasteiger partial charge in [0.1, 0.15) is 23.5 Å². The lowest BCUT2D eigenvalue weighted by molar-refractivity contribution is 0.396. The summed E-state index contributed by atoms with van der Waals surface area (Å²) in [6.45, 7) is 0.405. The Morgan fingerprint density at radius 2 is 1.81 bits per heavy atom. The summed E-state index contributed by atoms with van der Waals surface area (Å²) in [7, 11) is 1.57. The molecule has 3 rings (SSSR count). The lowest BCUT2D eigenvalue weighted by atomic mass is 9.91. The molecule has 1 N–H and O–H groups in total. The number of nitriles is 2. The molecule has 1 aliphatic rings. The van der Waals surface area contributed by atoms with Crippen molar-refractivity contribution in [3.05, 3.63) is 46.3 Å². The third-order valence-corrected chi connectivity index (χ3v) is 4.62. The molecule has 0 spiro atoms. The van der Waals surface area contributed by atoms with Crippen LogP contribution in [-0.2, 0) is 19.4 Å². The van der Waals surface area contributed by atoms with Gasteiger partial charge in [-0.25, -0.2) is 9.97 Å². The van der Waals surface area contributed by atoms with Gasteiger partial charge in [0.05, 0.1) is 24.9 Å². The van der Waals surface area contributed by atoms with E-state index in [1.54, 1.807) is 13.2 Å². The number of anilines is 1. The molecule has 0 aromatic carbocycles. The fraction of sp³-hybridized carbons (Fsp3) is 0.400. The first kappa shape index (κ1) is 17.7. The molecule has 26 heavy (non-hydrogen) atoms. The number of rotatable bonds is 4. The second kappa shape index (κ2) is 8.31. The van der Waals surface area contributed by atoms with E-state index in [-0.39, 0.29) is 0 Å². The lowest BCUT2D eigenvalue weighted by Crippen LogP contribution is -2.12. The molecule has 132 valence electrons. The summed E-state index contributed by atoms with van der Waals surface area (Å²) < 4.78 is 5.14. The molecule has 6 heteroatoms. The van der Waals surface area contributed by atoms with Gasteiger partial charge in [-0.15, -0.1) is 0 Å². The summed E-state index contributed by atoms with van der Waals surface area (Å²) in [5.74, 6) is 1.00.